The third-order valence-corrected chi connectivity index (χ3v) is 3.61. The predicted molar refractivity (Wildman–Crippen MR) is 74.6 cm³/mol. The van der Waals surface area contributed by atoms with E-state index >= 15 is 0 Å². The Morgan fingerprint density at radius 3 is 2.85 bits per heavy atom. The van der Waals surface area contributed by atoms with Crippen molar-refractivity contribution in [2.45, 2.75) is 18.9 Å². The fourth-order valence-electron chi connectivity index (χ4n) is 2.37. The van der Waals surface area contributed by atoms with Gasteiger partial charge in [-0.15, -0.1) is 0 Å². The third-order valence-electron chi connectivity index (χ3n) is 3.41. The van der Waals surface area contributed by atoms with Crippen LogP contribution >= 0.6 is 12.2 Å². The second-order valence-corrected chi connectivity index (χ2v) is 5.32. The van der Waals surface area contributed by atoms with Crippen LogP contribution in [0.1, 0.15) is 23.2 Å². The van der Waals surface area contributed by atoms with Crippen molar-refractivity contribution in [3.05, 3.63) is 28.3 Å². The van der Waals surface area contributed by atoms with Gasteiger partial charge in [-0.05, 0) is 37.2 Å². The van der Waals surface area contributed by atoms with Crippen LogP contribution in [0.3, 0.4) is 0 Å². The van der Waals surface area contributed by atoms with Gasteiger partial charge in [0.2, 0.25) is 0 Å². The standard InChI is InChI=1S/C13H14FN3O2S/c14-7-5-9(11-10(6-7)15-13(20)16-11)12(19)17(3-4-18)8-1-2-8/h5-6,8,18H,1-4H2,(H2,15,16,20). The van der Waals surface area contributed by atoms with Crippen LogP contribution in [0.25, 0.3) is 11.0 Å². The molecule has 106 valence electrons. The van der Waals surface area contributed by atoms with Crippen molar-refractivity contribution < 1.29 is 14.3 Å². The minimum absolute atomic E-state index is 0.107. The van der Waals surface area contributed by atoms with Gasteiger partial charge in [0, 0.05) is 12.6 Å². The molecule has 0 spiro atoms. The average molecular weight is 295 g/mol. The molecule has 0 saturated heterocycles. The van der Waals surface area contributed by atoms with Crippen LogP contribution in [-0.2, 0) is 0 Å². The molecule has 1 aromatic carbocycles. The van der Waals surface area contributed by atoms with Crippen LogP contribution in [0, 0.1) is 10.6 Å². The number of rotatable bonds is 4. The minimum Gasteiger partial charge on any atom is -0.395 e. The summed E-state index contributed by atoms with van der Waals surface area (Å²) in [7, 11) is 0. The van der Waals surface area contributed by atoms with Crippen molar-refractivity contribution in [2.75, 3.05) is 13.2 Å². The number of imidazole rings is 1. The van der Waals surface area contributed by atoms with Gasteiger partial charge >= 0.3 is 0 Å². The summed E-state index contributed by atoms with van der Waals surface area (Å²) >= 11 is 4.98. The average Bonchev–Trinajstić information content (AvgIpc) is 3.16. The Bertz CT molecular complexity index is 720. The van der Waals surface area contributed by atoms with Crippen LogP contribution in [0.4, 0.5) is 4.39 Å². The highest BCUT2D eigenvalue weighted by atomic mass is 32.1. The topological polar surface area (TPSA) is 72.1 Å². The lowest BCUT2D eigenvalue weighted by molar-refractivity contribution is 0.0709. The number of aromatic amines is 2. The molecule has 1 fully saturated rings. The molecule has 0 radical (unpaired) electrons. The molecule has 0 bridgehead atoms. The molecule has 20 heavy (non-hydrogen) atoms. The van der Waals surface area contributed by atoms with E-state index in [1.165, 1.54) is 12.1 Å². The number of nitrogens with one attached hydrogen (secondary N) is 2. The first kappa shape index (κ1) is 13.3. The van der Waals surface area contributed by atoms with E-state index in [-0.39, 0.29) is 30.7 Å². The van der Waals surface area contributed by atoms with Gasteiger partial charge in [0.25, 0.3) is 5.91 Å². The first-order chi connectivity index (χ1) is 9.60. The summed E-state index contributed by atoms with van der Waals surface area (Å²) in [6.45, 7) is 0.149. The summed E-state index contributed by atoms with van der Waals surface area (Å²) in [6, 6.07) is 2.65. The predicted octanol–water partition coefficient (Wildman–Crippen LogP) is 1.96. The summed E-state index contributed by atoms with van der Waals surface area (Å²) in [4.78, 5) is 19.9. The highest BCUT2D eigenvalue weighted by Gasteiger charge is 2.33. The summed E-state index contributed by atoms with van der Waals surface area (Å²) < 4.78 is 14.0. The molecular formula is C13H14FN3O2S. The number of H-pyrrole nitrogens is 2. The largest absolute Gasteiger partial charge is 0.395 e. The first-order valence-electron chi connectivity index (χ1n) is 6.43. The molecule has 1 heterocycles. The Balaban J connectivity index is 2.07. The summed E-state index contributed by atoms with van der Waals surface area (Å²) in [5.41, 5.74) is 1.22. The second-order valence-electron chi connectivity index (χ2n) is 4.91. The number of aliphatic hydroxyl groups is 1. The van der Waals surface area contributed by atoms with Crippen LogP contribution in [0.5, 0.6) is 0 Å². The van der Waals surface area contributed by atoms with Crippen molar-refractivity contribution in [3.63, 3.8) is 0 Å². The molecule has 1 aromatic heterocycles. The van der Waals surface area contributed by atoms with Gasteiger partial charge in [-0.3, -0.25) is 4.79 Å². The Morgan fingerprint density at radius 1 is 1.45 bits per heavy atom. The van der Waals surface area contributed by atoms with E-state index in [4.69, 9.17) is 17.3 Å². The van der Waals surface area contributed by atoms with E-state index in [0.717, 1.165) is 12.8 Å². The molecule has 3 rings (SSSR count). The smallest absolute Gasteiger partial charge is 0.256 e. The lowest BCUT2D eigenvalue weighted by Crippen LogP contribution is -2.35. The Labute approximate surface area is 119 Å². The highest BCUT2D eigenvalue weighted by molar-refractivity contribution is 7.71. The number of benzene rings is 1. The second kappa shape index (κ2) is 4.99. The van der Waals surface area contributed by atoms with Crippen LogP contribution in [0.15, 0.2) is 12.1 Å². The minimum atomic E-state index is -0.495. The fourth-order valence-corrected chi connectivity index (χ4v) is 2.59. The maximum atomic E-state index is 13.6. The van der Waals surface area contributed by atoms with E-state index in [1.807, 2.05) is 0 Å². The number of fused-ring (bicyclic) bond motifs is 1. The van der Waals surface area contributed by atoms with Crippen molar-refractivity contribution >= 4 is 29.2 Å². The number of halogens is 1. The zero-order chi connectivity index (χ0) is 14.3. The molecule has 7 heteroatoms. The number of hydrogen-bond acceptors (Lipinski definition) is 3. The molecule has 1 aliphatic carbocycles. The monoisotopic (exact) mass is 295 g/mol. The van der Waals surface area contributed by atoms with Gasteiger partial charge in [0.1, 0.15) is 5.82 Å². The maximum absolute atomic E-state index is 13.6. The first-order valence-corrected chi connectivity index (χ1v) is 6.84. The fraction of sp³-hybridized carbons (Fsp3) is 0.385. The van der Waals surface area contributed by atoms with Gasteiger partial charge in [-0.1, -0.05) is 0 Å². The molecule has 1 saturated carbocycles. The van der Waals surface area contributed by atoms with E-state index in [0.29, 0.717) is 15.8 Å². The maximum Gasteiger partial charge on any atom is 0.256 e. The van der Waals surface area contributed by atoms with Gasteiger partial charge in [-0.25, -0.2) is 4.39 Å². The van der Waals surface area contributed by atoms with Crippen LogP contribution < -0.4 is 0 Å². The van der Waals surface area contributed by atoms with Crippen molar-refractivity contribution in [3.8, 4) is 0 Å². The lowest BCUT2D eigenvalue weighted by Gasteiger charge is -2.21. The van der Waals surface area contributed by atoms with Crippen molar-refractivity contribution in [2.24, 2.45) is 0 Å². The number of hydrogen-bond donors (Lipinski definition) is 3. The number of aliphatic hydroxyl groups excluding tert-OH is 1. The molecule has 3 N–H and O–H groups in total. The molecule has 2 aromatic rings. The van der Waals surface area contributed by atoms with Gasteiger partial charge in [0.15, 0.2) is 4.77 Å². The number of carbonyl (C=O) groups excluding carboxylic acids is 1. The molecular weight excluding hydrogens is 281 g/mol. The Kier molecular flexibility index (Phi) is 3.31. The number of aromatic nitrogens is 2. The van der Waals surface area contributed by atoms with E-state index in [9.17, 15) is 9.18 Å². The summed E-state index contributed by atoms with van der Waals surface area (Å²) in [6.07, 6.45) is 1.85. The molecule has 0 unspecified atom stereocenters. The number of carbonyl (C=O) groups is 1. The normalized spacial score (nSPS) is 14.7. The van der Waals surface area contributed by atoms with Crippen LogP contribution in [-0.4, -0.2) is 45.1 Å². The highest BCUT2D eigenvalue weighted by Crippen LogP contribution is 2.29. The molecule has 1 amide bonds. The van der Waals surface area contributed by atoms with Crippen molar-refractivity contribution in [1.82, 2.24) is 14.9 Å². The molecule has 0 aliphatic heterocycles. The van der Waals surface area contributed by atoms with Gasteiger partial charge < -0.3 is 20.0 Å². The Morgan fingerprint density at radius 2 is 2.20 bits per heavy atom. The molecule has 0 atom stereocenters. The van der Waals surface area contributed by atoms with E-state index in [2.05, 4.69) is 9.97 Å². The molecule has 5 nitrogen and oxygen atoms in total. The summed E-state index contributed by atoms with van der Waals surface area (Å²) in [5.74, 6) is -0.776. The lowest BCUT2D eigenvalue weighted by atomic mass is 10.1. The number of nitrogens with zero attached hydrogens (tertiary/aromatic N) is 1. The van der Waals surface area contributed by atoms with Crippen molar-refractivity contribution in [1.29, 1.82) is 0 Å². The zero-order valence-corrected chi connectivity index (χ0v) is 11.5. The summed E-state index contributed by atoms with van der Waals surface area (Å²) in [5, 5.41) is 9.08. The van der Waals surface area contributed by atoms with Crippen LogP contribution in [0.2, 0.25) is 0 Å². The van der Waals surface area contributed by atoms with E-state index < -0.39 is 5.82 Å². The Hall–Kier alpha value is -1.73. The third kappa shape index (κ3) is 2.34. The van der Waals surface area contributed by atoms with Gasteiger partial charge in [-0.2, -0.15) is 0 Å². The SMILES string of the molecule is O=C(c1cc(F)cc2[nH]c(=S)[nH]c12)N(CCO)C1CC1. The molecule has 1 aliphatic rings. The zero-order valence-electron chi connectivity index (χ0n) is 10.6. The van der Waals surface area contributed by atoms with E-state index in [1.54, 1.807) is 4.90 Å². The van der Waals surface area contributed by atoms with Gasteiger partial charge in [0.05, 0.1) is 23.2 Å². The number of amides is 1. The quantitative estimate of drug-likeness (QED) is 0.755.